The van der Waals surface area contributed by atoms with Crippen molar-refractivity contribution in [2.45, 2.75) is 26.2 Å². The number of hydrogen-bond donors (Lipinski definition) is 2. The molecule has 23 heavy (non-hydrogen) atoms. The molecule has 1 saturated heterocycles. The van der Waals surface area contributed by atoms with Crippen LogP contribution < -0.4 is 10.6 Å². The molecule has 1 heterocycles. The van der Waals surface area contributed by atoms with Crippen LogP contribution in [0.1, 0.15) is 36.5 Å². The molecule has 2 rings (SSSR count). The molecule has 1 aliphatic heterocycles. The van der Waals surface area contributed by atoms with E-state index in [1.54, 1.807) is 43.1 Å². The number of carbonyl (C=O) groups is 3. The van der Waals surface area contributed by atoms with Gasteiger partial charge in [-0.15, -0.1) is 0 Å². The Kier molecular flexibility index (Phi) is 5.73. The second-order valence-electron chi connectivity index (χ2n) is 5.66. The van der Waals surface area contributed by atoms with Gasteiger partial charge in [-0.1, -0.05) is 6.92 Å². The minimum Gasteiger partial charge on any atom is -0.359 e. The maximum absolute atomic E-state index is 12.5. The SMILES string of the molecule is CCC(=O)Nc1ccc(C(=O)N2CCC(C(=O)NC)CC2)cc1. The van der Waals surface area contributed by atoms with Crippen molar-refractivity contribution in [3.05, 3.63) is 29.8 Å². The van der Waals surface area contributed by atoms with Gasteiger partial charge in [0.25, 0.3) is 5.91 Å². The first-order valence-corrected chi connectivity index (χ1v) is 7.96. The molecule has 0 aliphatic carbocycles. The van der Waals surface area contributed by atoms with Gasteiger partial charge in [-0.2, -0.15) is 0 Å². The Hall–Kier alpha value is -2.37. The van der Waals surface area contributed by atoms with Crippen LogP contribution in [0.4, 0.5) is 5.69 Å². The van der Waals surface area contributed by atoms with Crippen LogP contribution in [-0.2, 0) is 9.59 Å². The Morgan fingerprint density at radius 3 is 2.26 bits per heavy atom. The van der Waals surface area contributed by atoms with Gasteiger partial charge < -0.3 is 15.5 Å². The molecule has 2 N–H and O–H groups in total. The summed E-state index contributed by atoms with van der Waals surface area (Å²) < 4.78 is 0. The summed E-state index contributed by atoms with van der Waals surface area (Å²) in [6, 6.07) is 6.91. The molecule has 6 nitrogen and oxygen atoms in total. The zero-order chi connectivity index (χ0) is 16.8. The number of rotatable bonds is 4. The van der Waals surface area contributed by atoms with Gasteiger partial charge in [0.2, 0.25) is 11.8 Å². The molecule has 1 aliphatic rings. The van der Waals surface area contributed by atoms with Crippen LogP contribution in [0.2, 0.25) is 0 Å². The summed E-state index contributed by atoms with van der Waals surface area (Å²) in [4.78, 5) is 37.2. The third kappa shape index (κ3) is 4.31. The molecule has 0 radical (unpaired) electrons. The monoisotopic (exact) mass is 317 g/mol. The quantitative estimate of drug-likeness (QED) is 0.886. The van der Waals surface area contributed by atoms with Crippen LogP contribution in [0.3, 0.4) is 0 Å². The second kappa shape index (κ2) is 7.76. The maximum Gasteiger partial charge on any atom is 0.253 e. The highest BCUT2D eigenvalue weighted by molar-refractivity contribution is 5.96. The fourth-order valence-corrected chi connectivity index (χ4v) is 2.68. The molecule has 0 atom stereocenters. The highest BCUT2D eigenvalue weighted by atomic mass is 16.2. The molecule has 124 valence electrons. The zero-order valence-electron chi connectivity index (χ0n) is 13.6. The first kappa shape index (κ1) is 17.0. The second-order valence-corrected chi connectivity index (χ2v) is 5.66. The number of likely N-dealkylation sites (tertiary alicyclic amines) is 1. The van der Waals surface area contributed by atoms with Gasteiger partial charge in [0.15, 0.2) is 0 Å². The Balaban J connectivity index is 1.93. The van der Waals surface area contributed by atoms with Gasteiger partial charge in [0.1, 0.15) is 0 Å². The average molecular weight is 317 g/mol. The summed E-state index contributed by atoms with van der Waals surface area (Å²) in [6.07, 6.45) is 1.80. The number of piperidine rings is 1. The number of carbonyl (C=O) groups excluding carboxylic acids is 3. The van der Waals surface area contributed by atoms with Gasteiger partial charge in [0, 0.05) is 43.7 Å². The first-order chi connectivity index (χ1) is 11.0. The highest BCUT2D eigenvalue weighted by Gasteiger charge is 2.27. The Morgan fingerprint density at radius 1 is 1.13 bits per heavy atom. The molecule has 0 spiro atoms. The van der Waals surface area contributed by atoms with E-state index in [1.807, 2.05) is 0 Å². The summed E-state index contributed by atoms with van der Waals surface area (Å²) in [5.41, 5.74) is 1.28. The molecule has 1 aromatic carbocycles. The Labute approximate surface area is 136 Å². The number of nitrogens with one attached hydrogen (secondary N) is 2. The smallest absolute Gasteiger partial charge is 0.253 e. The molecule has 0 unspecified atom stereocenters. The summed E-state index contributed by atoms with van der Waals surface area (Å²) in [5, 5.41) is 5.41. The fraction of sp³-hybridized carbons (Fsp3) is 0.471. The number of anilines is 1. The number of hydrogen-bond acceptors (Lipinski definition) is 3. The molecule has 6 heteroatoms. The minimum absolute atomic E-state index is 0.00400. The van der Waals surface area contributed by atoms with E-state index in [0.717, 1.165) is 0 Å². The minimum atomic E-state index is -0.0552. The topological polar surface area (TPSA) is 78.5 Å². The van der Waals surface area contributed by atoms with Crippen LogP contribution in [0.5, 0.6) is 0 Å². The van der Waals surface area contributed by atoms with E-state index in [2.05, 4.69) is 10.6 Å². The molecule has 1 aromatic rings. The van der Waals surface area contributed by atoms with Gasteiger partial charge in [-0.25, -0.2) is 0 Å². The van der Waals surface area contributed by atoms with Gasteiger partial charge in [0.05, 0.1) is 0 Å². The molecule has 0 saturated carbocycles. The summed E-state index contributed by atoms with van der Waals surface area (Å²) >= 11 is 0. The van der Waals surface area contributed by atoms with E-state index in [4.69, 9.17) is 0 Å². The molecule has 3 amide bonds. The van der Waals surface area contributed by atoms with Crippen molar-refractivity contribution in [1.82, 2.24) is 10.2 Å². The van der Waals surface area contributed by atoms with Crippen LogP contribution in [0, 0.1) is 5.92 Å². The Bertz CT molecular complexity index is 575. The van der Waals surface area contributed by atoms with E-state index in [0.29, 0.717) is 43.6 Å². The van der Waals surface area contributed by atoms with E-state index in [1.165, 1.54) is 0 Å². The standard InChI is InChI=1S/C17H23N3O3/c1-3-15(21)19-14-6-4-13(5-7-14)17(23)20-10-8-12(9-11-20)16(22)18-2/h4-7,12H,3,8-11H2,1-2H3,(H,18,22)(H,19,21). The van der Waals surface area contributed by atoms with Crippen LogP contribution in [0.25, 0.3) is 0 Å². The third-order valence-electron chi connectivity index (χ3n) is 4.14. The number of benzene rings is 1. The average Bonchev–Trinajstić information content (AvgIpc) is 2.61. The lowest BCUT2D eigenvalue weighted by molar-refractivity contribution is -0.125. The normalized spacial score (nSPS) is 15.1. The van der Waals surface area contributed by atoms with Crippen LogP contribution in [-0.4, -0.2) is 42.8 Å². The van der Waals surface area contributed by atoms with Crippen molar-refractivity contribution >= 4 is 23.4 Å². The molecule has 1 fully saturated rings. The van der Waals surface area contributed by atoms with Crippen LogP contribution >= 0.6 is 0 Å². The van der Waals surface area contributed by atoms with E-state index >= 15 is 0 Å². The number of nitrogens with zero attached hydrogens (tertiary/aromatic N) is 1. The Morgan fingerprint density at radius 2 is 1.74 bits per heavy atom. The van der Waals surface area contributed by atoms with Gasteiger partial charge in [-0.05, 0) is 37.1 Å². The zero-order valence-corrected chi connectivity index (χ0v) is 13.6. The van der Waals surface area contributed by atoms with Crippen molar-refractivity contribution < 1.29 is 14.4 Å². The third-order valence-corrected chi connectivity index (χ3v) is 4.14. The van der Waals surface area contributed by atoms with Crippen LogP contribution in [0.15, 0.2) is 24.3 Å². The predicted octanol–water partition coefficient (Wildman–Crippen LogP) is 1.63. The first-order valence-electron chi connectivity index (χ1n) is 7.96. The lowest BCUT2D eigenvalue weighted by atomic mass is 9.95. The fourth-order valence-electron chi connectivity index (χ4n) is 2.68. The molecular formula is C17H23N3O3. The van der Waals surface area contributed by atoms with E-state index in [9.17, 15) is 14.4 Å². The highest BCUT2D eigenvalue weighted by Crippen LogP contribution is 2.20. The summed E-state index contributed by atoms with van der Waals surface area (Å²) in [7, 11) is 1.64. The molecule has 0 bridgehead atoms. The maximum atomic E-state index is 12.5. The van der Waals surface area contributed by atoms with Crippen molar-refractivity contribution in [2.24, 2.45) is 5.92 Å². The number of amides is 3. The van der Waals surface area contributed by atoms with E-state index < -0.39 is 0 Å². The van der Waals surface area contributed by atoms with E-state index in [-0.39, 0.29) is 23.6 Å². The lowest BCUT2D eigenvalue weighted by Gasteiger charge is -2.31. The van der Waals surface area contributed by atoms with Crippen molar-refractivity contribution in [3.8, 4) is 0 Å². The molecule has 0 aromatic heterocycles. The van der Waals surface area contributed by atoms with Crippen molar-refractivity contribution in [3.63, 3.8) is 0 Å². The lowest BCUT2D eigenvalue weighted by Crippen LogP contribution is -2.42. The summed E-state index contributed by atoms with van der Waals surface area (Å²) in [5.74, 6) is -0.0436. The van der Waals surface area contributed by atoms with Gasteiger partial charge >= 0.3 is 0 Å². The largest absolute Gasteiger partial charge is 0.359 e. The van der Waals surface area contributed by atoms with Gasteiger partial charge in [-0.3, -0.25) is 14.4 Å². The van der Waals surface area contributed by atoms with Crippen molar-refractivity contribution in [2.75, 3.05) is 25.5 Å². The summed E-state index contributed by atoms with van der Waals surface area (Å²) in [6.45, 7) is 2.96. The van der Waals surface area contributed by atoms with Crippen molar-refractivity contribution in [1.29, 1.82) is 0 Å². The molecular weight excluding hydrogens is 294 g/mol. The predicted molar refractivity (Wildman–Crippen MR) is 88.1 cm³/mol.